The van der Waals surface area contributed by atoms with Gasteiger partial charge in [0.05, 0.1) is 11.9 Å². The monoisotopic (exact) mass is 211 g/mol. The topological polar surface area (TPSA) is 121 Å². The molecule has 0 aliphatic heterocycles. The first-order valence-corrected chi connectivity index (χ1v) is 2.24. The fourth-order valence-electron chi connectivity index (χ4n) is 0.258. The minimum Gasteiger partial charge on any atom is -0.547 e. The second-order valence-electron chi connectivity index (χ2n) is 1.53. The van der Waals surface area contributed by atoms with Gasteiger partial charge in [-0.1, -0.05) is 0 Å². The smallest absolute Gasteiger partial charge is 0.124 e. The van der Waals surface area contributed by atoms with E-state index in [1.807, 2.05) is 0 Å². The quantitative estimate of drug-likeness (QED) is 0.452. The maximum Gasteiger partial charge on any atom is 0.124 e. The summed E-state index contributed by atoms with van der Waals surface area (Å²) in [6.45, 7) is 0. The molecule has 0 saturated carbocycles. The van der Waals surface area contributed by atoms with E-state index in [2.05, 4.69) is 0 Å². The van der Waals surface area contributed by atoms with Crippen LogP contribution in [0, 0.1) is 0 Å². The molecule has 0 saturated heterocycles. The van der Waals surface area contributed by atoms with Crippen molar-refractivity contribution >= 4 is 11.9 Å². The van der Waals surface area contributed by atoms with Crippen molar-refractivity contribution < 1.29 is 47.1 Å². The van der Waals surface area contributed by atoms with E-state index in [4.69, 9.17) is 10.2 Å². The number of rotatable bonds is 3. The molecule has 0 aromatic heterocycles. The first kappa shape index (κ1) is 13.0. The number of aliphatic hydroxyl groups excluding tert-OH is 2. The van der Waals surface area contributed by atoms with Gasteiger partial charge in [-0.3, -0.25) is 0 Å². The summed E-state index contributed by atoms with van der Waals surface area (Å²) in [5.41, 5.74) is 0. The number of hydrogen-bond donors (Lipinski definition) is 2. The largest absolute Gasteiger partial charge is 0.547 e. The van der Waals surface area contributed by atoms with Crippen molar-refractivity contribution in [3.63, 3.8) is 0 Å². The Morgan fingerprint density at radius 1 is 1.00 bits per heavy atom. The van der Waals surface area contributed by atoms with E-state index in [-0.39, 0.29) is 17.1 Å². The molecule has 2 atom stereocenters. The van der Waals surface area contributed by atoms with E-state index in [0.29, 0.717) is 0 Å². The van der Waals surface area contributed by atoms with E-state index in [1.54, 1.807) is 0 Å². The van der Waals surface area contributed by atoms with Gasteiger partial charge in [0.15, 0.2) is 0 Å². The van der Waals surface area contributed by atoms with Crippen molar-refractivity contribution in [3.8, 4) is 0 Å². The number of aliphatic carboxylic acids is 2. The third-order valence-electron chi connectivity index (χ3n) is 0.782. The molecule has 2 N–H and O–H groups in total. The molecule has 0 aromatic carbocycles. The molecule has 0 amide bonds. The molecular weight excluding hydrogens is 208 g/mol. The third kappa shape index (κ3) is 3.94. The molecule has 7 heteroatoms. The van der Waals surface area contributed by atoms with Crippen molar-refractivity contribution in [2.45, 2.75) is 12.2 Å². The normalized spacial score (nSPS) is 14.4. The summed E-state index contributed by atoms with van der Waals surface area (Å²) in [6, 6.07) is 0. The van der Waals surface area contributed by atoms with Crippen molar-refractivity contribution in [1.82, 2.24) is 0 Å². The van der Waals surface area contributed by atoms with E-state index in [1.165, 1.54) is 0 Å². The molecule has 69 valence electrons. The fraction of sp³-hybridized carbons (Fsp3) is 0.500. The van der Waals surface area contributed by atoms with Crippen LogP contribution in [0.5, 0.6) is 0 Å². The minimum atomic E-state index is -2.44. The zero-order valence-corrected chi connectivity index (χ0v) is 5.93. The minimum absolute atomic E-state index is 0. The molecule has 0 aromatic rings. The van der Waals surface area contributed by atoms with Crippen LogP contribution in [0.15, 0.2) is 0 Å². The Morgan fingerprint density at radius 2 is 1.18 bits per heavy atom. The molecule has 1 radical (unpaired) electrons. The summed E-state index contributed by atoms with van der Waals surface area (Å²) in [4.78, 5) is 19.3. The second kappa shape index (κ2) is 5.09. The van der Waals surface area contributed by atoms with Gasteiger partial charge < -0.3 is 30.0 Å². The SMILES string of the molecule is O=C([O-])[C@H](O)[C@@H](O)C(=O)[O-].[Cu]. The van der Waals surface area contributed by atoms with E-state index in [0.717, 1.165) is 0 Å². The Balaban J connectivity index is 0. The number of carboxylic acids is 2. The van der Waals surface area contributed by atoms with Crippen LogP contribution in [0.3, 0.4) is 0 Å². The van der Waals surface area contributed by atoms with Gasteiger partial charge in [-0.25, -0.2) is 0 Å². The van der Waals surface area contributed by atoms with Gasteiger partial charge in [-0.15, -0.1) is 0 Å². The number of hydrogen-bond acceptors (Lipinski definition) is 6. The molecule has 0 rings (SSSR count). The fourth-order valence-corrected chi connectivity index (χ4v) is 0.258. The summed E-state index contributed by atoms with van der Waals surface area (Å²) in [5, 5.41) is 35.7. The third-order valence-corrected chi connectivity index (χ3v) is 0.782. The van der Waals surface area contributed by atoms with Crippen LogP contribution in [0.25, 0.3) is 0 Å². The summed E-state index contributed by atoms with van der Waals surface area (Å²) in [5.74, 6) is -4.12. The van der Waals surface area contributed by atoms with Crippen molar-refractivity contribution in [3.05, 3.63) is 0 Å². The second-order valence-corrected chi connectivity index (χ2v) is 1.53. The van der Waals surface area contributed by atoms with Crippen LogP contribution in [0.1, 0.15) is 0 Å². The average molecular weight is 212 g/mol. The molecule has 0 unspecified atom stereocenters. The zero-order valence-electron chi connectivity index (χ0n) is 4.98. The maximum atomic E-state index is 9.63. The Kier molecular flexibility index (Phi) is 6.01. The summed E-state index contributed by atoms with van der Waals surface area (Å²) in [6.07, 6.45) is -4.88. The molecule has 0 spiro atoms. The summed E-state index contributed by atoms with van der Waals surface area (Å²) in [7, 11) is 0. The van der Waals surface area contributed by atoms with Crippen molar-refractivity contribution in [2.24, 2.45) is 0 Å². The van der Waals surface area contributed by atoms with E-state index >= 15 is 0 Å². The molecule has 0 bridgehead atoms. The van der Waals surface area contributed by atoms with Crippen molar-refractivity contribution in [2.75, 3.05) is 0 Å². The number of aliphatic hydroxyl groups is 2. The number of carboxylic acid groups (broad SMARTS) is 2. The molecule has 0 aliphatic rings. The van der Waals surface area contributed by atoms with Gasteiger partial charge >= 0.3 is 0 Å². The van der Waals surface area contributed by atoms with Crippen LogP contribution >= 0.6 is 0 Å². The standard InChI is InChI=1S/C4H6O6.Cu/c5-1(3(7)8)2(6)4(9)10;/h1-2,5-6H,(H,7,8)(H,9,10);/p-2/t1-,2-;/m1./s1. The summed E-state index contributed by atoms with van der Waals surface area (Å²) < 4.78 is 0. The van der Waals surface area contributed by atoms with Crippen LogP contribution in [0.2, 0.25) is 0 Å². The molecule has 0 heterocycles. The van der Waals surface area contributed by atoms with Crippen LogP contribution in [0.4, 0.5) is 0 Å². The van der Waals surface area contributed by atoms with Gasteiger partial charge in [0.1, 0.15) is 12.2 Å². The van der Waals surface area contributed by atoms with Gasteiger partial charge in [-0.05, 0) is 0 Å². The van der Waals surface area contributed by atoms with Gasteiger partial charge in [0.25, 0.3) is 0 Å². The van der Waals surface area contributed by atoms with E-state index < -0.39 is 24.1 Å². The molecule has 0 fully saturated rings. The Bertz CT molecular complexity index is 139. The molecular formula is C4H4CuO6-2. The van der Waals surface area contributed by atoms with Crippen molar-refractivity contribution in [1.29, 1.82) is 0 Å². The van der Waals surface area contributed by atoms with Crippen LogP contribution < -0.4 is 10.2 Å². The molecule has 6 nitrogen and oxygen atoms in total. The molecule has 0 aliphatic carbocycles. The average Bonchev–Trinajstić information content (AvgIpc) is 1.84. The Hall–Kier alpha value is -0.621. The Morgan fingerprint density at radius 3 is 1.27 bits per heavy atom. The van der Waals surface area contributed by atoms with Gasteiger partial charge in [0.2, 0.25) is 0 Å². The summed E-state index contributed by atoms with van der Waals surface area (Å²) >= 11 is 0. The number of carbonyl (C=O) groups excluding carboxylic acids is 2. The Labute approximate surface area is 71.9 Å². The first-order valence-electron chi connectivity index (χ1n) is 2.24. The predicted molar refractivity (Wildman–Crippen MR) is 22.0 cm³/mol. The van der Waals surface area contributed by atoms with Crippen LogP contribution in [-0.2, 0) is 26.7 Å². The van der Waals surface area contributed by atoms with Crippen LogP contribution in [-0.4, -0.2) is 34.4 Å². The van der Waals surface area contributed by atoms with E-state index in [9.17, 15) is 19.8 Å². The maximum absolute atomic E-state index is 9.63. The first-order chi connectivity index (χ1) is 4.46. The van der Waals surface area contributed by atoms with Gasteiger partial charge in [0, 0.05) is 17.1 Å². The predicted octanol–water partition coefficient (Wildman–Crippen LogP) is -4.79. The number of carbonyl (C=O) groups is 2. The molecule has 11 heavy (non-hydrogen) atoms. The zero-order chi connectivity index (χ0) is 8.31. The van der Waals surface area contributed by atoms with Gasteiger partial charge in [-0.2, -0.15) is 0 Å².